The van der Waals surface area contributed by atoms with Crippen molar-refractivity contribution in [2.75, 3.05) is 27.2 Å². The van der Waals surface area contributed by atoms with Crippen LogP contribution < -0.4 is 9.47 Å². The van der Waals surface area contributed by atoms with E-state index in [1.165, 1.54) is 11.1 Å². The van der Waals surface area contributed by atoms with Gasteiger partial charge in [0.05, 0.1) is 6.04 Å². The van der Waals surface area contributed by atoms with Crippen molar-refractivity contribution < 1.29 is 14.3 Å². The van der Waals surface area contributed by atoms with Crippen LogP contribution in [0.1, 0.15) is 18.1 Å². The first-order valence-electron chi connectivity index (χ1n) is 9.34. The number of aryl methyl sites for hydroxylation is 1. The molecule has 1 aliphatic rings. The zero-order valence-corrected chi connectivity index (χ0v) is 16.5. The molecule has 2 atom stereocenters. The van der Waals surface area contributed by atoms with Crippen LogP contribution in [0.2, 0.25) is 0 Å². The van der Waals surface area contributed by atoms with Crippen LogP contribution in [0, 0.1) is 6.92 Å². The topological polar surface area (TPSA) is 42.0 Å². The summed E-state index contributed by atoms with van der Waals surface area (Å²) in [5, 5.41) is 0. The Bertz CT molecular complexity index is 793. The number of para-hydroxylation sites is 2. The summed E-state index contributed by atoms with van der Waals surface area (Å²) in [6, 6.07) is 15.6. The Morgan fingerprint density at radius 3 is 2.52 bits per heavy atom. The predicted molar refractivity (Wildman–Crippen MR) is 106 cm³/mol. The first kappa shape index (κ1) is 19.2. The molecule has 2 aromatic carbocycles. The molecule has 2 unspecified atom stereocenters. The average Bonchev–Trinajstić information content (AvgIpc) is 2.68. The molecule has 1 amide bonds. The molecule has 1 heterocycles. The minimum atomic E-state index is -0.236. The summed E-state index contributed by atoms with van der Waals surface area (Å²) in [6.45, 7) is 5.73. The zero-order chi connectivity index (χ0) is 19.4. The Morgan fingerprint density at radius 1 is 1.11 bits per heavy atom. The number of hydrogen-bond donors (Lipinski definition) is 0. The standard InChI is InChI=1S/C22H28N2O3/c1-16-9-5-6-10-18(16)13-24(4)22(25)17(2)23(3)14-19-15-26-20-11-7-8-12-21(20)27-19/h5-12,17,19H,13-15H2,1-4H3. The molecule has 0 fully saturated rings. The van der Waals surface area contributed by atoms with E-state index in [1.807, 2.05) is 62.3 Å². The van der Waals surface area contributed by atoms with E-state index < -0.39 is 0 Å². The van der Waals surface area contributed by atoms with E-state index in [-0.39, 0.29) is 18.1 Å². The monoisotopic (exact) mass is 368 g/mol. The SMILES string of the molecule is Cc1ccccc1CN(C)C(=O)C(C)N(C)CC1COc2ccccc2O1. The average molecular weight is 368 g/mol. The maximum atomic E-state index is 12.9. The fraction of sp³-hybridized carbons (Fsp3) is 0.409. The van der Waals surface area contributed by atoms with Crippen molar-refractivity contribution in [2.45, 2.75) is 32.5 Å². The zero-order valence-electron chi connectivity index (χ0n) is 16.5. The third kappa shape index (κ3) is 4.61. The molecule has 0 spiro atoms. The molecular weight excluding hydrogens is 340 g/mol. The number of likely N-dealkylation sites (N-methyl/N-ethyl adjacent to an activating group) is 2. The fourth-order valence-electron chi connectivity index (χ4n) is 3.26. The minimum Gasteiger partial charge on any atom is -0.486 e. The number of rotatable bonds is 6. The molecule has 0 saturated heterocycles. The molecule has 0 aliphatic carbocycles. The van der Waals surface area contributed by atoms with Gasteiger partial charge < -0.3 is 14.4 Å². The van der Waals surface area contributed by atoms with Gasteiger partial charge in [0.2, 0.25) is 5.91 Å². The third-order valence-electron chi connectivity index (χ3n) is 5.12. The van der Waals surface area contributed by atoms with Crippen LogP contribution in [0.25, 0.3) is 0 Å². The largest absolute Gasteiger partial charge is 0.486 e. The number of hydrogen-bond acceptors (Lipinski definition) is 4. The van der Waals surface area contributed by atoms with Crippen LogP contribution in [-0.4, -0.2) is 55.1 Å². The van der Waals surface area contributed by atoms with Gasteiger partial charge in [-0.1, -0.05) is 36.4 Å². The van der Waals surface area contributed by atoms with Crippen molar-refractivity contribution in [2.24, 2.45) is 0 Å². The smallest absolute Gasteiger partial charge is 0.239 e. The molecule has 0 saturated carbocycles. The lowest BCUT2D eigenvalue weighted by molar-refractivity contribution is -0.135. The van der Waals surface area contributed by atoms with Gasteiger partial charge in [0.15, 0.2) is 11.5 Å². The normalized spacial score (nSPS) is 16.9. The van der Waals surface area contributed by atoms with Crippen molar-refractivity contribution in [3.63, 3.8) is 0 Å². The van der Waals surface area contributed by atoms with Gasteiger partial charge >= 0.3 is 0 Å². The second-order valence-electron chi connectivity index (χ2n) is 7.23. The van der Waals surface area contributed by atoms with Gasteiger partial charge in [0.25, 0.3) is 0 Å². The highest BCUT2D eigenvalue weighted by Gasteiger charge is 2.27. The fourth-order valence-corrected chi connectivity index (χ4v) is 3.26. The molecule has 0 bridgehead atoms. The molecule has 2 aromatic rings. The molecule has 144 valence electrons. The van der Waals surface area contributed by atoms with E-state index in [1.54, 1.807) is 4.90 Å². The molecule has 3 rings (SSSR count). The molecule has 27 heavy (non-hydrogen) atoms. The second kappa shape index (κ2) is 8.44. The van der Waals surface area contributed by atoms with Gasteiger partial charge in [-0.15, -0.1) is 0 Å². The van der Waals surface area contributed by atoms with E-state index in [4.69, 9.17) is 9.47 Å². The number of nitrogens with zero attached hydrogens (tertiary/aromatic N) is 2. The summed E-state index contributed by atoms with van der Waals surface area (Å²) in [5.41, 5.74) is 2.37. The van der Waals surface area contributed by atoms with Gasteiger partial charge in [-0.05, 0) is 44.2 Å². The highest BCUT2D eigenvalue weighted by molar-refractivity contribution is 5.81. The number of fused-ring (bicyclic) bond motifs is 1. The van der Waals surface area contributed by atoms with E-state index in [9.17, 15) is 4.79 Å². The Kier molecular flexibility index (Phi) is 6.01. The predicted octanol–water partition coefficient (Wildman–Crippen LogP) is 3.11. The first-order valence-corrected chi connectivity index (χ1v) is 9.34. The second-order valence-corrected chi connectivity index (χ2v) is 7.23. The summed E-state index contributed by atoms with van der Waals surface area (Å²) >= 11 is 0. The number of carbonyl (C=O) groups is 1. The lowest BCUT2D eigenvalue weighted by Crippen LogP contribution is -2.48. The lowest BCUT2D eigenvalue weighted by Gasteiger charge is -2.33. The highest BCUT2D eigenvalue weighted by Crippen LogP contribution is 2.31. The van der Waals surface area contributed by atoms with E-state index in [2.05, 4.69) is 19.1 Å². The summed E-state index contributed by atoms with van der Waals surface area (Å²) < 4.78 is 11.8. The number of carbonyl (C=O) groups excluding carboxylic acids is 1. The molecule has 0 radical (unpaired) electrons. The van der Waals surface area contributed by atoms with Gasteiger partial charge in [0, 0.05) is 20.1 Å². The van der Waals surface area contributed by atoms with E-state index in [0.29, 0.717) is 19.7 Å². The molecule has 0 N–H and O–H groups in total. The molecule has 5 heteroatoms. The van der Waals surface area contributed by atoms with Gasteiger partial charge in [0.1, 0.15) is 12.7 Å². The third-order valence-corrected chi connectivity index (χ3v) is 5.12. The molecule has 5 nitrogen and oxygen atoms in total. The van der Waals surface area contributed by atoms with Crippen LogP contribution in [0.4, 0.5) is 0 Å². The lowest BCUT2D eigenvalue weighted by atomic mass is 10.1. The molecule has 0 aromatic heterocycles. The van der Waals surface area contributed by atoms with Crippen LogP contribution >= 0.6 is 0 Å². The van der Waals surface area contributed by atoms with Crippen molar-refractivity contribution in [1.29, 1.82) is 0 Å². The van der Waals surface area contributed by atoms with Crippen molar-refractivity contribution >= 4 is 5.91 Å². The van der Waals surface area contributed by atoms with Gasteiger partial charge in [-0.25, -0.2) is 0 Å². The van der Waals surface area contributed by atoms with Crippen molar-refractivity contribution in [3.05, 3.63) is 59.7 Å². The van der Waals surface area contributed by atoms with Gasteiger partial charge in [-0.2, -0.15) is 0 Å². The quantitative estimate of drug-likeness (QED) is 0.786. The van der Waals surface area contributed by atoms with E-state index in [0.717, 1.165) is 11.5 Å². The van der Waals surface area contributed by atoms with Crippen LogP contribution in [0.15, 0.2) is 48.5 Å². The van der Waals surface area contributed by atoms with Crippen LogP contribution in [0.3, 0.4) is 0 Å². The summed E-state index contributed by atoms with van der Waals surface area (Å²) in [7, 11) is 3.81. The Morgan fingerprint density at radius 2 is 1.78 bits per heavy atom. The highest BCUT2D eigenvalue weighted by atomic mass is 16.6. The van der Waals surface area contributed by atoms with Crippen molar-refractivity contribution in [3.8, 4) is 11.5 Å². The summed E-state index contributed by atoms with van der Waals surface area (Å²) in [6.07, 6.45) is -0.0955. The van der Waals surface area contributed by atoms with Gasteiger partial charge in [-0.3, -0.25) is 9.69 Å². The molecule has 1 aliphatic heterocycles. The van der Waals surface area contributed by atoms with Crippen molar-refractivity contribution in [1.82, 2.24) is 9.80 Å². The Labute approximate surface area is 161 Å². The maximum absolute atomic E-state index is 12.9. The Hall–Kier alpha value is -2.53. The number of benzene rings is 2. The number of amides is 1. The van der Waals surface area contributed by atoms with Crippen LogP contribution in [-0.2, 0) is 11.3 Å². The summed E-state index contributed by atoms with van der Waals surface area (Å²) in [5.74, 6) is 1.63. The van der Waals surface area contributed by atoms with Crippen LogP contribution in [0.5, 0.6) is 11.5 Å². The van der Waals surface area contributed by atoms with E-state index >= 15 is 0 Å². The molecular formula is C22H28N2O3. The summed E-state index contributed by atoms with van der Waals surface area (Å²) in [4.78, 5) is 16.7. The number of ether oxygens (including phenoxy) is 2. The Balaban J connectivity index is 1.56. The minimum absolute atomic E-state index is 0.0953. The first-order chi connectivity index (χ1) is 13.0. The maximum Gasteiger partial charge on any atom is 0.239 e.